The first-order valence-electron chi connectivity index (χ1n) is 8.73. The van der Waals surface area contributed by atoms with E-state index in [4.69, 9.17) is 9.15 Å². The molecule has 7 nitrogen and oxygen atoms in total. The highest BCUT2D eigenvalue weighted by molar-refractivity contribution is 5.99. The second-order valence-corrected chi connectivity index (χ2v) is 5.91. The number of carbonyl (C=O) groups is 1. The van der Waals surface area contributed by atoms with Crippen LogP contribution in [0.3, 0.4) is 0 Å². The third-order valence-electron chi connectivity index (χ3n) is 3.95. The number of nitrogens with one attached hydrogen (secondary N) is 2. The van der Waals surface area contributed by atoms with Crippen LogP contribution >= 0.6 is 0 Å². The quantitative estimate of drug-likeness (QED) is 0.662. The number of amides is 1. The largest absolute Gasteiger partial charge is 0.494 e. The van der Waals surface area contributed by atoms with E-state index in [0.29, 0.717) is 23.9 Å². The van der Waals surface area contributed by atoms with Crippen LogP contribution in [0.15, 0.2) is 47.0 Å². The molecule has 0 aliphatic rings. The van der Waals surface area contributed by atoms with Crippen molar-refractivity contribution in [1.29, 1.82) is 0 Å². The number of aryl methyl sites for hydroxylation is 2. The van der Waals surface area contributed by atoms with Crippen LogP contribution in [0, 0.1) is 13.8 Å². The molecule has 0 fully saturated rings. The topological polar surface area (TPSA) is 89.3 Å². The lowest BCUT2D eigenvalue weighted by Crippen LogP contribution is -2.24. The Morgan fingerprint density at radius 2 is 1.96 bits per heavy atom. The standard InChI is InChI=1S/C20H22N4O3/c1-4-26-16-9-7-15(8-10-16)24-19-17(6-5-11-21-19)20(25)22-12-18-23-13(2)14(3)27-18/h5-11H,4,12H2,1-3H3,(H,21,24)(H,22,25). The summed E-state index contributed by atoms with van der Waals surface area (Å²) < 4.78 is 10.9. The minimum Gasteiger partial charge on any atom is -0.494 e. The fraction of sp³-hybridized carbons (Fsp3) is 0.250. The number of hydrogen-bond acceptors (Lipinski definition) is 6. The summed E-state index contributed by atoms with van der Waals surface area (Å²) in [4.78, 5) is 21.1. The van der Waals surface area contributed by atoms with Crippen LogP contribution in [0.1, 0.15) is 34.6 Å². The molecule has 3 rings (SSSR count). The SMILES string of the molecule is CCOc1ccc(Nc2ncccc2C(=O)NCc2nc(C)c(C)o2)cc1. The van der Waals surface area contributed by atoms with Gasteiger partial charge in [0.25, 0.3) is 5.91 Å². The van der Waals surface area contributed by atoms with Crippen molar-refractivity contribution < 1.29 is 13.9 Å². The first-order valence-corrected chi connectivity index (χ1v) is 8.73. The number of benzene rings is 1. The summed E-state index contributed by atoms with van der Waals surface area (Å²) in [5.74, 6) is 2.23. The molecule has 0 saturated heterocycles. The van der Waals surface area contributed by atoms with Gasteiger partial charge in [0.1, 0.15) is 17.3 Å². The first-order chi connectivity index (χ1) is 13.1. The van der Waals surface area contributed by atoms with Gasteiger partial charge in [-0.15, -0.1) is 0 Å². The lowest BCUT2D eigenvalue weighted by molar-refractivity contribution is 0.0947. The van der Waals surface area contributed by atoms with Crippen LogP contribution in [0.25, 0.3) is 0 Å². The Kier molecular flexibility index (Phi) is 5.71. The molecule has 0 saturated carbocycles. The lowest BCUT2D eigenvalue weighted by Gasteiger charge is -2.11. The Hall–Kier alpha value is -3.35. The molecule has 0 atom stereocenters. The molecule has 7 heteroatoms. The van der Waals surface area contributed by atoms with Gasteiger partial charge in [-0.25, -0.2) is 9.97 Å². The number of pyridine rings is 1. The minimum absolute atomic E-state index is 0.213. The maximum absolute atomic E-state index is 12.6. The van der Waals surface area contributed by atoms with Gasteiger partial charge in [0.05, 0.1) is 24.4 Å². The third-order valence-corrected chi connectivity index (χ3v) is 3.95. The predicted octanol–water partition coefficient (Wildman–Crippen LogP) is 3.76. The summed E-state index contributed by atoms with van der Waals surface area (Å²) in [5.41, 5.74) is 2.06. The van der Waals surface area contributed by atoms with Gasteiger partial charge < -0.3 is 19.8 Å². The first kappa shape index (κ1) is 18.4. The van der Waals surface area contributed by atoms with Gasteiger partial charge in [-0.05, 0) is 57.2 Å². The fourth-order valence-electron chi connectivity index (χ4n) is 2.49. The summed E-state index contributed by atoms with van der Waals surface area (Å²) in [6.07, 6.45) is 1.63. The number of nitrogens with zero attached hydrogens (tertiary/aromatic N) is 2. The van der Waals surface area contributed by atoms with E-state index < -0.39 is 0 Å². The zero-order chi connectivity index (χ0) is 19.2. The third kappa shape index (κ3) is 4.63. The van der Waals surface area contributed by atoms with Crippen LogP contribution in [-0.2, 0) is 6.54 Å². The van der Waals surface area contributed by atoms with E-state index >= 15 is 0 Å². The summed E-state index contributed by atoms with van der Waals surface area (Å²) in [5, 5.41) is 5.98. The molecular weight excluding hydrogens is 344 g/mol. The summed E-state index contributed by atoms with van der Waals surface area (Å²) in [7, 11) is 0. The van der Waals surface area contributed by atoms with E-state index in [-0.39, 0.29) is 12.5 Å². The number of oxazole rings is 1. The van der Waals surface area contributed by atoms with Crippen molar-refractivity contribution in [2.45, 2.75) is 27.3 Å². The molecule has 1 aromatic carbocycles. The summed E-state index contributed by atoms with van der Waals surface area (Å²) >= 11 is 0. The van der Waals surface area contributed by atoms with Crippen molar-refractivity contribution in [3.8, 4) is 5.75 Å². The fourth-order valence-corrected chi connectivity index (χ4v) is 2.49. The number of hydrogen-bond donors (Lipinski definition) is 2. The van der Waals surface area contributed by atoms with Gasteiger partial charge >= 0.3 is 0 Å². The lowest BCUT2D eigenvalue weighted by atomic mass is 10.2. The number of aromatic nitrogens is 2. The van der Waals surface area contributed by atoms with Crippen LogP contribution in [0.4, 0.5) is 11.5 Å². The molecule has 2 N–H and O–H groups in total. The summed E-state index contributed by atoms with van der Waals surface area (Å²) in [6.45, 7) is 6.47. The van der Waals surface area contributed by atoms with Gasteiger partial charge in [-0.3, -0.25) is 4.79 Å². The number of anilines is 2. The molecule has 0 aliphatic heterocycles. The second-order valence-electron chi connectivity index (χ2n) is 5.91. The number of ether oxygens (including phenoxy) is 1. The predicted molar refractivity (Wildman–Crippen MR) is 102 cm³/mol. The maximum Gasteiger partial charge on any atom is 0.255 e. The Morgan fingerprint density at radius 3 is 2.63 bits per heavy atom. The minimum atomic E-state index is -0.259. The molecule has 140 valence electrons. The highest BCUT2D eigenvalue weighted by Crippen LogP contribution is 2.21. The van der Waals surface area contributed by atoms with E-state index in [9.17, 15) is 4.79 Å². The van der Waals surface area contributed by atoms with Crippen LogP contribution in [-0.4, -0.2) is 22.5 Å². The van der Waals surface area contributed by atoms with Gasteiger partial charge in [0.15, 0.2) is 0 Å². The zero-order valence-electron chi connectivity index (χ0n) is 15.6. The maximum atomic E-state index is 12.6. The second kappa shape index (κ2) is 8.35. The van der Waals surface area contributed by atoms with Gasteiger partial charge in [0.2, 0.25) is 5.89 Å². The van der Waals surface area contributed by atoms with Crippen LogP contribution in [0.2, 0.25) is 0 Å². The number of rotatable bonds is 7. The van der Waals surface area contributed by atoms with Crippen molar-refractivity contribution in [2.24, 2.45) is 0 Å². The smallest absolute Gasteiger partial charge is 0.255 e. The normalized spacial score (nSPS) is 10.5. The van der Waals surface area contributed by atoms with Crippen LogP contribution in [0.5, 0.6) is 5.75 Å². The Balaban J connectivity index is 1.69. The van der Waals surface area contributed by atoms with Gasteiger partial charge in [-0.1, -0.05) is 0 Å². The van der Waals surface area contributed by atoms with E-state index in [2.05, 4.69) is 20.6 Å². The van der Waals surface area contributed by atoms with Gasteiger partial charge in [0, 0.05) is 11.9 Å². The Labute approximate surface area is 157 Å². The van der Waals surface area contributed by atoms with Crippen molar-refractivity contribution in [3.63, 3.8) is 0 Å². The van der Waals surface area contributed by atoms with Gasteiger partial charge in [-0.2, -0.15) is 0 Å². The monoisotopic (exact) mass is 366 g/mol. The average Bonchev–Trinajstić information content (AvgIpc) is 3.00. The molecule has 0 unspecified atom stereocenters. The van der Waals surface area contributed by atoms with E-state index in [0.717, 1.165) is 22.9 Å². The van der Waals surface area contributed by atoms with Crippen molar-refractivity contribution >= 4 is 17.4 Å². The van der Waals surface area contributed by atoms with Crippen molar-refractivity contribution in [3.05, 3.63) is 65.5 Å². The van der Waals surface area contributed by atoms with Crippen molar-refractivity contribution in [1.82, 2.24) is 15.3 Å². The highest BCUT2D eigenvalue weighted by Gasteiger charge is 2.14. The van der Waals surface area contributed by atoms with E-state index in [1.807, 2.05) is 45.0 Å². The van der Waals surface area contributed by atoms with E-state index in [1.54, 1.807) is 18.3 Å². The molecule has 2 heterocycles. The average molecular weight is 366 g/mol. The molecular formula is C20H22N4O3. The highest BCUT2D eigenvalue weighted by atomic mass is 16.5. The Bertz CT molecular complexity index is 900. The molecule has 27 heavy (non-hydrogen) atoms. The van der Waals surface area contributed by atoms with Crippen molar-refractivity contribution in [2.75, 3.05) is 11.9 Å². The van der Waals surface area contributed by atoms with Crippen LogP contribution < -0.4 is 15.4 Å². The number of carbonyl (C=O) groups excluding carboxylic acids is 1. The summed E-state index contributed by atoms with van der Waals surface area (Å²) in [6, 6.07) is 10.9. The molecule has 0 bridgehead atoms. The molecule has 0 radical (unpaired) electrons. The molecule has 3 aromatic rings. The molecule has 0 spiro atoms. The van der Waals surface area contributed by atoms with E-state index in [1.165, 1.54) is 0 Å². The Morgan fingerprint density at radius 1 is 1.19 bits per heavy atom. The zero-order valence-corrected chi connectivity index (χ0v) is 15.6. The molecule has 1 amide bonds. The molecule has 2 aromatic heterocycles. The molecule has 0 aliphatic carbocycles.